The molecule has 0 amide bonds. The predicted molar refractivity (Wildman–Crippen MR) is 124 cm³/mol. The maximum absolute atomic E-state index is 14.1. The first-order valence-corrected chi connectivity index (χ1v) is 10.4. The van der Waals surface area contributed by atoms with Crippen molar-refractivity contribution in [2.24, 2.45) is 5.16 Å². The Morgan fingerprint density at radius 3 is 2.24 bits per heavy atom. The van der Waals surface area contributed by atoms with Gasteiger partial charge in [0.15, 0.2) is 0 Å². The molecule has 3 aromatic rings. The third-order valence-corrected chi connectivity index (χ3v) is 4.89. The molecule has 6 nitrogen and oxygen atoms in total. The van der Waals surface area contributed by atoms with Gasteiger partial charge in [-0.3, -0.25) is 0 Å². The summed E-state index contributed by atoms with van der Waals surface area (Å²) >= 11 is 0. The van der Waals surface area contributed by atoms with E-state index in [2.05, 4.69) is 5.16 Å². The molecule has 0 saturated carbocycles. The fraction of sp³-hybridized carbons (Fsp3) is 0.231. The second-order valence-corrected chi connectivity index (χ2v) is 7.13. The summed E-state index contributed by atoms with van der Waals surface area (Å²) in [5.41, 5.74) is 2.92. The number of methoxy groups -OCH3 is 1. The number of carbonyl (C=O) groups is 1. The molecule has 172 valence electrons. The van der Waals surface area contributed by atoms with Gasteiger partial charge < -0.3 is 23.8 Å². The van der Waals surface area contributed by atoms with Crippen LogP contribution in [0.4, 0.5) is 4.39 Å². The van der Waals surface area contributed by atoms with Crippen LogP contribution < -0.4 is 14.2 Å². The molecule has 7 heteroatoms. The third kappa shape index (κ3) is 7.07. The molecule has 0 bridgehead atoms. The summed E-state index contributed by atoms with van der Waals surface area (Å²) in [4.78, 5) is 15.4. The molecule has 0 radical (unpaired) electrons. The van der Waals surface area contributed by atoms with Gasteiger partial charge in [0, 0.05) is 18.1 Å². The second-order valence-electron chi connectivity index (χ2n) is 7.13. The van der Waals surface area contributed by atoms with Crippen molar-refractivity contribution >= 4 is 12.0 Å². The van der Waals surface area contributed by atoms with Crippen molar-refractivity contribution in [2.45, 2.75) is 19.4 Å². The van der Waals surface area contributed by atoms with E-state index in [1.165, 1.54) is 13.2 Å². The minimum atomic E-state index is -0.372. The van der Waals surface area contributed by atoms with Crippen molar-refractivity contribution in [1.29, 1.82) is 0 Å². The van der Waals surface area contributed by atoms with Gasteiger partial charge in [-0.2, -0.15) is 0 Å². The average Bonchev–Trinajstić information content (AvgIpc) is 2.85. The lowest BCUT2D eigenvalue weighted by Crippen LogP contribution is -2.13. The van der Waals surface area contributed by atoms with Crippen LogP contribution in [0.1, 0.15) is 23.1 Å². The van der Waals surface area contributed by atoms with E-state index in [1.54, 1.807) is 19.2 Å². The first kappa shape index (κ1) is 23.8. The second kappa shape index (κ2) is 12.2. The van der Waals surface area contributed by atoms with Gasteiger partial charge >= 0.3 is 0 Å². The number of nitrogens with zero attached hydrogens (tertiary/aromatic N) is 1. The van der Waals surface area contributed by atoms with Crippen LogP contribution in [0.5, 0.6) is 17.2 Å². The largest absolute Gasteiger partial charge is 0.497 e. The zero-order valence-electron chi connectivity index (χ0n) is 18.6. The molecule has 33 heavy (non-hydrogen) atoms. The van der Waals surface area contributed by atoms with E-state index < -0.39 is 0 Å². The number of aryl methyl sites for hydroxylation is 1. The molecule has 0 aliphatic carbocycles. The van der Waals surface area contributed by atoms with Crippen LogP contribution in [-0.2, 0) is 22.7 Å². The van der Waals surface area contributed by atoms with Gasteiger partial charge in [0.2, 0.25) is 0 Å². The number of benzene rings is 3. The van der Waals surface area contributed by atoms with E-state index in [1.807, 2.05) is 48.5 Å². The highest BCUT2D eigenvalue weighted by molar-refractivity contribution is 6.01. The van der Waals surface area contributed by atoms with E-state index in [0.717, 1.165) is 23.2 Å². The Labute approximate surface area is 192 Å². The average molecular weight is 451 g/mol. The van der Waals surface area contributed by atoms with Gasteiger partial charge in [0.1, 0.15) is 55.4 Å². The standard InChI is InChI=1S/C26H26FNO5/c1-30-22-12-8-21(9-13-22)26(28-31-2)18-33-23-10-5-19(6-11-23)17-32-24-14-7-20(4-3-15-29)25(27)16-24/h5-16H,3-4,17-18H2,1-2H3/b28-26+. The van der Waals surface area contributed by atoms with E-state index in [4.69, 9.17) is 19.0 Å². The van der Waals surface area contributed by atoms with Crippen LogP contribution in [0.3, 0.4) is 0 Å². The molecule has 0 aliphatic rings. The smallest absolute Gasteiger partial charge is 0.134 e. The van der Waals surface area contributed by atoms with Crippen molar-refractivity contribution in [2.75, 3.05) is 20.8 Å². The van der Waals surface area contributed by atoms with E-state index in [-0.39, 0.29) is 19.0 Å². The maximum Gasteiger partial charge on any atom is 0.134 e. The summed E-state index contributed by atoms with van der Waals surface area (Å²) < 4.78 is 30.8. The summed E-state index contributed by atoms with van der Waals surface area (Å²) in [6, 6.07) is 19.6. The molecular formula is C26H26FNO5. The van der Waals surface area contributed by atoms with Gasteiger partial charge in [-0.25, -0.2) is 4.39 Å². The highest BCUT2D eigenvalue weighted by Gasteiger charge is 2.08. The first-order chi connectivity index (χ1) is 16.1. The van der Waals surface area contributed by atoms with Crippen molar-refractivity contribution < 1.29 is 28.2 Å². The molecule has 0 spiro atoms. The SMILES string of the molecule is CO/N=C(\COc1ccc(COc2ccc(CCC=O)c(F)c2)cc1)c1ccc(OC)cc1. The number of aldehydes is 1. The molecule has 0 unspecified atom stereocenters. The van der Waals surface area contributed by atoms with Gasteiger partial charge in [0.05, 0.1) is 7.11 Å². The highest BCUT2D eigenvalue weighted by atomic mass is 19.1. The minimum absolute atomic E-state index is 0.228. The molecule has 0 atom stereocenters. The summed E-state index contributed by atoms with van der Waals surface area (Å²) in [7, 11) is 3.10. The monoisotopic (exact) mass is 451 g/mol. The molecule has 0 aromatic heterocycles. The van der Waals surface area contributed by atoms with Gasteiger partial charge in [0.25, 0.3) is 0 Å². The lowest BCUT2D eigenvalue weighted by molar-refractivity contribution is -0.107. The normalized spacial score (nSPS) is 11.1. The Balaban J connectivity index is 1.54. The van der Waals surface area contributed by atoms with E-state index in [9.17, 15) is 9.18 Å². The minimum Gasteiger partial charge on any atom is -0.497 e. The van der Waals surface area contributed by atoms with E-state index in [0.29, 0.717) is 35.6 Å². The number of hydrogen-bond acceptors (Lipinski definition) is 6. The molecule has 3 rings (SSSR count). The fourth-order valence-electron chi connectivity index (χ4n) is 3.09. The zero-order valence-corrected chi connectivity index (χ0v) is 18.6. The van der Waals surface area contributed by atoms with Crippen molar-refractivity contribution in [3.05, 3.63) is 89.2 Å². The molecule has 0 heterocycles. The predicted octanol–water partition coefficient (Wildman–Crippen LogP) is 4.97. The van der Waals surface area contributed by atoms with E-state index >= 15 is 0 Å². The summed E-state index contributed by atoms with van der Waals surface area (Å²) in [5.74, 6) is 1.48. The van der Waals surface area contributed by atoms with Gasteiger partial charge in [-0.1, -0.05) is 23.4 Å². The van der Waals surface area contributed by atoms with Crippen LogP contribution in [0.2, 0.25) is 0 Å². The number of rotatable bonds is 12. The Morgan fingerprint density at radius 1 is 0.909 bits per heavy atom. The summed E-state index contributed by atoms with van der Waals surface area (Å²) in [5, 5.41) is 4.06. The van der Waals surface area contributed by atoms with Crippen LogP contribution in [0, 0.1) is 5.82 Å². The van der Waals surface area contributed by atoms with Crippen molar-refractivity contribution in [3.8, 4) is 17.2 Å². The Kier molecular flexibility index (Phi) is 8.82. The molecule has 0 N–H and O–H groups in total. The molecule has 3 aromatic carbocycles. The quantitative estimate of drug-likeness (QED) is 0.221. The highest BCUT2D eigenvalue weighted by Crippen LogP contribution is 2.20. The lowest BCUT2D eigenvalue weighted by Gasteiger charge is -2.11. The number of ether oxygens (including phenoxy) is 3. The summed E-state index contributed by atoms with van der Waals surface area (Å²) in [6.07, 6.45) is 1.46. The molecular weight excluding hydrogens is 425 g/mol. The molecule has 0 saturated heterocycles. The Hall–Kier alpha value is -3.87. The summed E-state index contributed by atoms with van der Waals surface area (Å²) in [6.45, 7) is 0.515. The van der Waals surface area contributed by atoms with Crippen LogP contribution in [-0.4, -0.2) is 32.8 Å². The van der Waals surface area contributed by atoms with Crippen molar-refractivity contribution in [1.82, 2.24) is 0 Å². The van der Waals surface area contributed by atoms with Gasteiger partial charge in [-0.05, 0) is 60.0 Å². The topological polar surface area (TPSA) is 66.3 Å². The van der Waals surface area contributed by atoms with Crippen LogP contribution in [0.25, 0.3) is 0 Å². The zero-order chi connectivity index (χ0) is 23.5. The Bertz CT molecular complexity index is 1070. The fourth-order valence-corrected chi connectivity index (χ4v) is 3.09. The molecule has 0 fully saturated rings. The Morgan fingerprint density at radius 2 is 1.61 bits per heavy atom. The number of oxime groups is 1. The first-order valence-electron chi connectivity index (χ1n) is 10.4. The van der Waals surface area contributed by atoms with Crippen molar-refractivity contribution in [3.63, 3.8) is 0 Å². The lowest BCUT2D eigenvalue weighted by atomic mass is 10.1. The number of hydrogen-bond donors (Lipinski definition) is 0. The van der Waals surface area contributed by atoms with Crippen LogP contribution in [0.15, 0.2) is 71.9 Å². The third-order valence-electron chi connectivity index (χ3n) is 4.89. The number of halogens is 1. The number of carbonyl (C=O) groups excluding carboxylic acids is 1. The maximum atomic E-state index is 14.1. The van der Waals surface area contributed by atoms with Gasteiger partial charge in [-0.15, -0.1) is 0 Å². The molecule has 0 aliphatic heterocycles. The van der Waals surface area contributed by atoms with Crippen LogP contribution >= 0.6 is 0 Å².